The van der Waals surface area contributed by atoms with E-state index in [0.29, 0.717) is 24.2 Å². The normalized spacial score (nSPS) is 12.0. The van der Waals surface area contributed by atoms with E-state index in [1.165, 1.54) is 6.20 Å². The molecule has 4 N–H and O–H groups in total. The highest BCUT2D eigenvalue weighted by atomic mass is 35.5. The molecule has 1 rings (SSSR count). The highest BCUT2D eigenvalue weighted by Crippen LogP contribution is 2.60. The number of nitrogens with two attached hydrogens (primary N) is 1. The maximum Gasteiger partial charge on any atom is 0.337 e. The molecule has 5 nitrogen and oxygen atoms in total. The number of hydrogen-bond acceptors (Lipinski definition) is 3. The van der Waals surface area contributed by atoms with E-state index in [4.69, 9.17) is 5.73 Å². The van der Waals surface area contributed by atoms with Gasteiger partial charge in [0.1, 0.15) is 5.16 Å². The summed E-state index contributed by atoms with van der Waals surface area (Å²) in [7, 11) is -4.25. The van der Waals surface area contributed by atoms with Crippen molar-refractivity contribution >= 4 is 25.7 Å². The van der Waals surface area contributed by atoms with Gasteiger partial charge < -0.3 is 15.5 Å². The van der Waals surface area contributed by atoms with E-state index >= 15 is 0 Å². The fraction of sp³-hybridized carbons (Fsp3) is 0.500. The van der Waals surface area contributed by atoms with Gasteiger partial charge in [0.25, 0.3) is 0 Å². The molecule has 0 aliphatic carbocycles. The lowest BCUT2D eigenvalue weighted by molar-refractivity contribution is 0.312. The van der Waals surface area contributed by atoms with Crippen LogP contribution in [0.5, 0.6) is 0 Å². The Morgan fingerprint density at radius 2 is 1.88 bits per heavy atom. The molecule has 0 atom stereocenters. The van der Waals surface area contributed by atoms with Crippen molar-refractivity contribution in [1.29, 1.82) is 0 Å². The van der Waals surface area contributed by atoms with Crippen LogP contribution in [0.15, 0.2) is 18.3 Å². The lowest BCUT2D eigenvalue weighted by Crippen LogP contribution is -2.25. The predicted molar refractivity (Wildman–Crippen MR) is 70.2 cm³/mol. The summed E-state index contributed by atoms with van der Waals surface area (Å²) in [5, 5.41) is -1.19. The average Bonchev–Trinajstić information content (AvgIpc) is 2.21. The van der Waals surface area contributed by atoms with E-state index in [2.05, 4.69) is 4.98 Å². The molecule has 0 spiro atoms. The van der Waals surface area contributed by atoms with Gasteiger partial charge in [-0.1, -0.05) is 13.8 Å². The summed E-state index contributed by atoms with van der Waals surface area (Å²) >= 11 is 0. The molecular formula is C10H18ClN2O3P. The summed E-state index contributed by atoms with van der Waals surface area (Å²) in [5.74, 6) is 0. The highest BCUT2D eigenvalue weighted by Gasteiger charge is 2.46. The van der Waals surface area contributed by atoms with Crippen LogP contribution < -0.4 is 5.73 Å². The third kappa shape index (κ3) is 2.99. The zero-order chi connectivity index (χ0) is 12.4. The van der Waals surface area contributed by atoms with Gasteiger partial charge in [0.15, 0.2) is 0 Å². The molecule has 1 heterocycles. The van der Waals surface area contributed by atoms with Crippen molar-refractivity contribution < 1.29 is 14.4 Å². The zero-order valence-electron chi connectivity index (χ0n) is 9.83. The van der Waals surface area contributed by atoms with Gasteiger partial charge in [-0.2, -0.15) is 0 Å². The molecule has 0 aliphatic rings. The SMILES string of the molecule is CCC(CC)(c1ccc(N)cn1)P(=O)(O)O.Cl. The van der Waals surface area contributed by atoms with Crippen molar-refractivity contribution in [3.63, 3.8) is 0 Å². The molecule has 0 radical (unpaired) electrons. The van der Waals surface area contributed by atoms with Crippen LogP contribution in [0.1, 0.15) is 32.4 Å². The Hall–Kier alpha value is -0.610. The molecule has 0 aliphatic heterocycles. The molecule has 17 heavy (non-hydrogen) atoms. The summed E-state index contributed by atoms with van der Waals surface area (Å²) in [6.07, 6.45) is 2.10. The average molecular weight is 281 g/mol. The van der Waals surface area contributed by atoms with Crippen LogP contribution in [0.3, 0.4) is 0 Å². The van der Waals surface area contributed by atoms with Gasteiger partial charge in [-0.05, 0) is 25.0 Å². The largest absolute Gasteiger partial charge is 0.397 e. The number of nitrogen functional groups attached to an aromatic ring is 1. The van der Waals surface area contributed by atoms with Crippen molar-refractivity contribution in [2.75, 3.05) is 5.73 Å². The van der Waals surface area contributed by atoms with Gasteiger partial charge in [0.05, 0.1) is 17.6 Å². The summed E-state index contributed by atoms with van der Waals surface area (Å²) in [4.78, 5) is 23.0. The molecule has 0 aromatic carbocycles. The minimum atomic E-state index is -4.25. The van der Waals surface area contributed by atoms with Crippen molar-refractivity contribution in [2.45, 2.75) is 31.8 Å². The number of aromatic nitrogens is 1. The second-order valence-electron chi connectivity index (χ2n) is 3.76. The summed E-state index contributed by atoms with van der Waals surface area (Å²) in [6, 6.07) is 3.19. The molecule has 0 bridgehead atoms. The minimum Gasteiger partial charge on any atom is -0.397 e. The van der Waals surface area contributed by atoms with Crippen LogP contribution in [0.25, 0.3) is 0 Å². The zero-order valence-corrected chi connectivity index (χ0v) is 11.5. The van der Waals surface area contributed by atoms with Crippen LogP contribution in [0.2, 0.25) is 0 Å². The first-order chi connectivity index (χ1) is 7.37. The van der Waals surface area contributed by atoms with E-state index < -0.39 is 12.8 Å². The Balaban J connectivity index is 0.00000256. The first-order valence-corrected chi connectivity index (χ1v) is 6.76. The number of pyridine rings is 1. The van der Waals surface area contributed by atoms with Crippen molar-refractivity contribution in [3.05, 3.63) is 24.0 Å². The Morgan fingerprint density at radius 1 is 1.35 bits per heavy atom. The van der Waals surface area contributed by atoms with Crippen molar-refractivity contribution in [2.24, 2.45) is 0 Å². The fourth-order valence-corrected chi connectivity index (χ4v) is 3.11. The maximum atomic E-state index is 11.6. The molecular weight excluding hydrogens is 263 g/mol. The summed E-state index contributed by atoms with van der Waals surface area (Å²) in [6.45, 7) is 3.50. The Labute approximate surface area is 107 Å². The molecule has 0 amide bonds. The quantitative estimate of drug-likeness (QED) is 0.735. The molecule has 0 saturated heterocycles. The maximum absolute atomic E-state index is 11.6. The van der Waals surface area contributed by atoms with Gasteiger partial charge in [-0.3, -0.25) is 9.55 Å². The van der Waals surface area contributed by atoms with E-state index in [1.54, 1.807) is 26.0 Å². The fourth-order valence-electron chi connectivity index (χ4n) is 1.85. The minimum absolute atomic E-state index is 0. The molecule has 7 heteroatoms. The van der Waals surface area contributed by atoms with Gasteiger partial charge >= 0.3 is 7.60 Å². The first kappa shape index (κ1) is 16.4. The molecule has 98 valence electrons. The number of halogens is 1. The number of rotatable bonds is 4. The van der Waals surface area contributed by atoms with E-state index in [1.807, 2.05) is 0 Å². The standard InChI is InChI=1S/C10H17N2O3P.ClH/c1-3-10(4-2,16(13,14)15)9-6-5-8(11)7-12-9;/h5-7H,3-4,11H2,1-2H3,(H2,13,14,15);1H. The lowest BCUT2D eigenvalue weighted by atomic mass is 9.97. The number of hydrogen-bond donors (Lipinski definition) is 3. The van der Waals surface area contributed by atoms with E-state index in [9.17, 15) is 14.4 Å². The van der Waals surface area contributed by atoms with Gasteiger partial charge in [-0.25, -0.2) is 0 Å². The molecule has 1 aromatic rings. The second-order valence-corrected chi connectivity index (χ2v) is 5.70. The third-order valence-corrected chi connectivity index (χ3v) is 4.97. The number of anilines is 1. The topological polar surface area (TPSA) is 96.4 Å². The third-order valence-electron chi connectivity index (χ3n) is 2.99. The highest BCUT2D eigenvalue weighted by molar-refractivity contribution is 7.53. The Morgan fingerprint density at radius 3 is 2.18 bits per heavy atom. The van der Waals surface area contributed by atoms with Gasteiger partial charge in [0.2, 0.25) is 0 Å². The van der Waals surface area contributed by atoms with Crippen LogP contribution in [-0.2, 0) is 9.72 Å². The van der Waals surface area contributed by atoms with E-state index in [0.717, 1.165) is 0 Å². The first-order valence-electron chi connectivity index (χ1n) is 5.15. The predicted octanol–water partition coefficient (Wildman–Crippen LogP) is 2.28. The monoisotopic (exact) mass is 280 g/mol. The summed E-state index contributed by atoms with van der Waals surface area (Å²) < 4.78 is 11.6. The van der Waals surface area contributed by atoms with Crippen LogP contribution in [0, 0.1) is 0 Å². The molecule has 0 unspecified atom stereocenters. The van der Waals surface area contributed by atoms with Gasteiger partial charge in [-0.15, -0.1) is 12.4 Å². The van der Waals surface area contributed by atoms with Crippen molar-refractivity contribution in [1.82, 2.24) is 4.98 Å². The van der Waals surface area contributed by atoms with Crippen LogP contribution in [0.4, 0.5) is 5.69 Å². The lowest BCUT2D eigenvalue weighted by Gasteiger charge is -2.31. The number of nitrogens with zero attached hydrogens (tertiary/aromatic N) is 1. The van der Waals surface area contributed by atoms with Crippen LogP contribution >= 0.6 is 20.0 Å². The second kappa shape index (κ2) is 5.83. The van der Waals surface area contributed by atoms with E-state index in [-0.39, 0.29) is 12.4 Å². The summed E-state index contributed by atoms with van der Waals surface area (Å²) in [5.41, 5.74) is 6.39. The molecule has 0 saturated carbocycles. The molecule has 1 aromatic heterocycles. The Bertz CT molecular complexity index is 401. The van der Waals surface area contributed by atoms with Crippen molar-refractivity contribution in [3.8, 4) is 0 Å². The van der Waals surface area contributed by atoms with Crippen LogP contribution in [-0.4, -0.2) is 14.8 Å². The molecule has 0 fully saturated rings. The smallest absolute Gasteiger partial charge is 0.337 e. The van der Waals surface area contributed by atoms with Gasteiger partial charge in [0, 0.05) is 0 Å². The Kier molecular flexibility index (Phi) is 5.62.